The predicted molar refractivity (Wildman–Crippen MR) is 99.3 cm³/mol. The Labute approximate surface area is 155 Å². The predicted octanol–water partition coefficient (Wildman–Crippen LogP) is 2.06. The third-order valence-corrected chi connectivity index (χ3v) is 5.89. The summed E-state index contributed by atoms with van der Waals surface area (Å²) >= 11 is 0. The molecule has 0 radical (unpaired) electrons. The number of amides is 1. The second-order valence-electron chi connectivity index (χ2n) is 7.42. The Kier molecular flexibility index (Phi) is 6.62. The summed E-state index contributed by atoms with van der Waals surface area (Å²) in [6.07, 6.45) is 4.86. The van der Waals surface area contributed by atoms with E-state index in [0.717, 1.165) is 31.9 Å². The van der Waals surface area contributed by atoms with E-state index in [4.69, 9.17) is 4.74 Å². The van der Waals surface area contributed by atoms with E-state index in [2.05, 4.69) is 22.5 Å². The molecule has 1 aliphatic carbocycles. The van der Waals surface area contributed by atoms with Gasteiger partial charge in [0.05, 0.1) is 19.8 Å². The van der Waals surface area contributed by atoms with Crippen LogP contribution in [-0.4, -0.2) is 55.2 Å². The van der Waals surface area contributed by atoms with Crippen molar-refractivity contribution >= 4 is 5.91 Å². The largest absolute Gasteiger partial charge is 0.379 e. The normalized spacial score (nSPS) is 21.5. The molecule has 0 spiro atoms. The number of ether oxygens (including phenoxy) is 1. The minimum Gasteiger partial charge on any atom is -0.379 e. The number of hydrogen-bond donors (Lipinski definition) is 2. The molecule has 1 aliphatic heterocycles. The molecule has 0 bridgehead atoms. The van der Waals surface area contributed by atoms with Crippen molar-refractivity contribution in [1.29, 1.82) is 0 Å². The van der Waals surface area contributed by atoms with Gasteiger partial charge >= 0.3 is 0 Å². The van der Waals surface area contributed by atoms with Crippen molar-refractivity contribution in [3.05, 3.63) is 35.6 Å². The highest BCUT2D eigenvalue weighted by atomic mass is 19.1. The average molecular weight is 363 g/mol. The number of nitrogens with one attached hydrogen (secondary N) is 2. The lowest BCUT2D eigenvalue weighted by atomic mass is 9.86. The minimum atomic E-state index is -0.263. The maximum Gasteiger partial charge on any atom is 0.234 e. The van der Waals surface area contributed by atoms with Gasteiger partial charge in [-0.05, 0) is 37.5 Å². The zero-order chi connectivity index (χ0) is 18.4. The van der Waals surface area contributed by atoms with Crippen LogP contribution < -0.4 is 10.6 Å². The van der Waals surface area contributed by atoms with E-state index in [1.807, 2.05) is 0 Å². The van der Waals surface area contributed by atoms with Gasteiger partial charge in [-0.25, -0.2) is 4.39 Å². The van der Waals surface area contributed by atoms with Crippen LogP contribution in [0.3, 0.4) is 0 Å². The van der Waals surface area contributed by atoms with Gasteiger partial charge in [0.15, 0.2) is 0 Å². The number of carbonyl (C=O) groups is 1. The van der Waals surface area contributed by atoms with Crippen molar-refractivity contribution in [1.82, 2.24) is 15.5 Å². The summed E-state index contributed by atoms with van der Waals surface area (Å²) in [5.41, 5.74) is 1.04. The van der Waals surface area contributed by atoms with Gasteiger partial charge in [0.25, 0.3) is 0 Å². The molecule has 2 fully saturated rings. The summed E-state index contributed by atoms with van der Waals surface area (Å²) in [5.74, 6) is -0.295. The molecular weight excluding hydrogens is 333 g/mol. The molecule has 1 aromatic carbocycles. The fourth-order valence-corrected chi connectivity index (χ4v) is 4.32. The molecule has 1 aromatic rings. The Bertz CT molecular complexity index is 581. The van der Waals surface area contributed by atoms with Gasteiger partial charge in [-0.2, -0.15) is 0 Å². The zero-order valence-corrected chi connectivity index (χ0v) is 15.6. The molecule has 6 heteroatoms. The number of halogens is 1. The maximum absolute atomic E-state index is 12.9. The molecule has 1 atom stereocenters. The highest BCUT2D eigenvalue weighted by Gasteiger charge is 2.44. The Morgan fingerprint density at radius 1 is 1.23 bits per heavy atom. The fraction of sp³-hybridized carbons (Fsp3) is 0.650. The summed E-state index contributed by atoms with van der Waals surface area (Å²) in [5, 5.41) is 6.35. The molecule has 5 nitrogen and oxygen atoms in total. The van der Waals surface area contributed by atoms with Crippen LogP contribution in [0.4, 0.5) is 4.39 Å². The standard InChI is InChI=1S/C20H30FN3O2/c1-16(20(8-2-3-9-20)24-10-12-26-13-11-24)22-15-19(25)23-14-17-4-6-18(21)7-5-17/h4-7,16,22H,2-3,8-15H2,1H3,(H,23,25)/t16-/m1/s1. The summed E-state index contributed by atoms with van der Waals surface area (Å²) in [6.45, 7) is 6.47. The molecular formula is C20H30FN3O2. The van der Waals surface area contributed by atoms with E-state index < -0.39 is 0 Å². The number of nitrogens with zero attached hydrogens (tertiary/aromatic N) is 1. The molecule has 1 amide bonds. The lowest BCUT2D eigenvalue weighted by Gasteiger charge is -2.47. The molecule has 2 aliphatic rings. The van der Waals surface area contributed by atoms with Gasteiger partial charge in [0, 0.05) is 31.2 Å². The van der Waals surface area contributed by atoms with Crippen LogP contribution in [-0.2, 0) is 16.1 Å². The van der Waals surface area contributed by atoms with Crippen LogP contribution in [0.5, 0.6) is 0 Å². The van der Waals surface area contributed by atoms with Gasteiger partial charge < -0.3 is 15.4 Å². The molecule has 2 N–H and O–H groups in total. The molecule has 1 heterocycles. The number of carbonyl (C=O) groups excluding carboxylic acids is 1. The lowest BCUT2D eigenvalue weighted by Crippen LogP contribution is -2.62. The molecule has 0 aromatic heterocycles. The highest BCUT2D eigenvalue weighted by Crippen LogP contribution is 2.38. The summed E-state index contributed by atoms with van der Waals surface area (Å²) in [4.78, 5) is 14.8. The van der Waals surface area contributed by atoms with Crippen LogP contribution in [0.2, 0.25) is 0 Å². The third kappa shape index (κ3) is 4.61. The number of benzene rings is 1. The van der Waals surface area contributed by atoms with E-state index in [-0.39, 0.29) is 23.3 Å². The Balaban J connectivity index is 1.49. The van der Waals surface area contributed by atoms with E-state index >= 15 is 0 Å². The summed E-state index contributed by atoms with van der Waals surface area (Å²) in [6, 6.07) is 6.46. The first-order valence-corrected chi connectivity index (χ1v) is 9.67. The second kappa shape index (κ2) is 8.93. The topological polar surface area (TPSA) is 53.6 Å². The van der Waals surface area contributed by atoms with Crippen molar-refractivity contribution in [3.63, 3.8) is 0 Å². The first kappa shape index (κ1) is 19.3. The average Bonchev–Trinajstić information content (AvgIpc) is 3.17. The van der Waals surface area contributed by atoms with Crippen molar-refractivity contribution in [2.24, 2.45) is 0 Å². The van der Waals surface area contributed by atoms with E-state index in [1.54, 1.807) is 12.1 Å². The van der Waals surface area contributed by atoms with Gasteiger partial charge in [-0.15, -0.1) is 0 Å². The monoisotopic (exact) mass is 363 g/mol. The fourth-order valence-electron chi connectivity index (χ4n) is 4.32. The lowest BCUT2D eigenvalue weighted by molar-refractivity contribution is -0.120. The summed E-state index contributed by atoms with van der Waals surface area (Å²) in [7, 11) is 0. The Hall–Kier alpha value is -1.50. The van der Waals surface area contributed by atoms with Gasteiger partial charge in [0.2, 0.25) is 5.91 Å². The van der Waals surface area contributed by atoms with Crippen molar-refractivity contribution in [2.45, 2.75) is 50.7 Å². The van der Waals surface area contributed by atoms with Crippen molar-refractivity contribution in [3.8, 4) is 0 Å². The van der Waals surface area contributed by atoms with E-state index in [0.29, 0.717) is 13.1 Å². The SMILES string of the molecule is C[C@@H](NCC(=O)NCc1ccc(F)cc1)C1(N2CCOCC2)CCCC1. The van der Waals surface area contributed by atoms with Gasteiger partial charge in [0.1, 0.15) is 5.82 Å². The number of rotatable bonds is 7. The molecule has 26 heavy (non-hydrogen) atoms. The summed E-state index contributed by atoms with van der Waals surface area (Å²) < 4.78 is 18.4. The van der Waals surface area contributed by atoms with Crippen molar-refractivity contribution in [2.75, 3.05) is 32.8 Å². The van der Waals surface area contributed by atoms with Crippen LogP contribution in [0.1, 0.15) is 38.2 Å². The Morgan fingerprint density at radius 3 is 2.54 bits per heavy atom. The Morgan fingerprint density at radius 2 is 1.88 bits per heavy atom. The molecule has 1 saturated carbocycles. The second-order valence-corrected chi connectivity index (χ2v) is 7.42. The molecule has 1 saturated heterocycles. The quantitative estimate of drug-likeness (QED) is 0.779. The first-order chi connectivity index (χ1) is 12.6. The van der Waals surface area contributed by atoms with Gasteiger partial charge in [-0.1, -0.05) is 25.0 Å². The minimum absolute atomic E-state index is 0.0312. The smallest absolute Gasteiger partial charge is 0.234 e. The molecule has 144 valence electrons. The highest BCUT2D eigenvalue weighted by molar-refractivity contribution is 5.78. The van der Waals surface area contributed by atoms with Crippen LogP contribution in [0, 0.1) is 5.82 Å². The van der Waals surface area contributed by atoms with E-state index in [1.165, 1.54) is 37.8 Å². The first-order valence-electron chi connectivity index (χ1n) is 9.67. The third-order valence-electron chi connectivity index (χ3n) is 5.89. The zero-order valence-electron chi connectivity index (χ0n) is 15.6. The van der Waals surface area contributed by atoms with Crippen LogP contribution >= 0.6 is 0 Å². The van der Waals surface area contributed by atoms with E-state index in [9.17, 15) is 9.18 Å². The van der Waals surface area contributed by atoms with Crippen LogP contribution in [0.25, 0.3) is 0 Å². The van der Waals surface area contributed by atoms with Crippen LogP contribution in [0.15, 0.2) is 24.3 Å². The molecule has 3 rings (SSSR count). The van der Waals surface area contributed by atoms with Crippen molar-refractivity contribution < 1.29 is 13.9 Å². The number of morpholine rings is 1. The van der Waals surface area contributed by atoms with Gasteiger partial charge in [-0.3, -0.25) is 9.69 Å². The maximum atomic E-state index is 12.9. The molecule has 0 unspecified atom stereocenters. The number of hydrogen-bond acceptors (Lipinski definition) is 4.